The molecule has 3 aromatic heterocycles. The molecule has 1 aliphatic rings. The Balaban J connectivity index is 1.68. The molecule has 0 spiro atoms. The van der Waals surface area contributed by atoms with Crippen molar-refractivity contribution in [3.05, 3.63) is 47.8 Å². The van der Waals surface area contributed by atoms with Crippen LogP contribution in [-0.4, -0.2) is 33.3 Å². The minimum absolute atomic E-state index is 0.421. The summed E-state index contributed by atoms with van der Waals surface area (Å²) in [5, 5.41) is 13.1. The van der Waals surface area contributed by atoms with Gasteiger partial charge in [-0.05, 0) is 73.5 Å². The number of aromatic amines is 2. The lowest BCUT2D eigenvalue weighted by Gasteiger charge is -2.15. The molecule has 0 amide bonds. The Hall–Kier alpha value is -2.66. The van der Waals surface area contributed by atoms with Gasteiger partial charge in [0.15, 0.2) is 5.65 Å². The largest absolute Gasteiger partial charge is 0.354 e. The van der Waals surface area contributed by atoms with Crippen LogP contribution in [0.5, 0.6) is 0 Å². The standard InChI is InChI=1S/C23H27N5/c1-14(2)21-18-12-16(15-4-3-9-24-10-7-15)5-6-20(18)27-22(21)17-8-11-25-23-19(17)13-26-28-23/h5-6,8,11-15,24,27H,3-4,7,9-10H2,1-2H3,(H,25,26,28). The van der Waals surface area contributed by atoms with Crippen molar-refractivity contribution in [1.29, 1.82) is 0 Å². The summed E-state index contributed by atoms with van der Waals surface area (Å²) in [5.41, 5.74) is 7.27. The van der Waals surface area contributed by atoms with Gasteiger partial charge in [0.05, 0.1) is 11.9 Å². The third-order valence-corrected chi connectivity index (χ3v) is 6.11. The minimum Gasteiger partial charge on any atom is -0.354 e. The summed E-state index contributed by atoms with van der Waals surface area (Å²) >= 11 is 0. The van der Waals surface area contributed by atoms with E-state index in [4.69, 9.17) is 0 Å². The summed E-state index contributed by atoms with van der Waals surface area (Å²) in [4.78, 5) is 8.11. The maximum absolute atomic E-state index is 4.40. The molecule has 5 heteroatoms. The molecule has 1 atom stereocenters. The minimum atomic E-state index is 0.421. The van der Waals surface area contributed by atoms with Gasteiger partial charge in [-0.3, -0.25) is 5.10 Å². The number of rotatable bonds is 3. The van der Waals surface area contributed by atoms with Crippen LogP contribution in [0.1, 0.15) is 56.1 Å². The van der Waals surface area contributed by atoms with Gasteiger partial charge in [-0.25, -0.2) is 4.98 Å². The number of nitrogens with one attached hydrogen (secondary N) is 3. The van der Waals surface area contributed by atoms with Crippen LogP contribution in [0.15, 0.2) is 36.7 Å². The van der Waals surface area contributed by atoms with Crippen LogP contribution in [0.3, 0.4) is 0 Å². The van der Waals surface area contributed by atoms with E-state index in [1.54, 1.807) is 0 Å². The lowest BCUT2D eigenvalue weighted by atomic mass is 9.89. The predicted octanol–water partition coefficient (Wildman–Crippen LogP) is 5.09. The van der Waals surface area contributed by atoms with Crippen LogP contribution in [0, 0.1) is 0 Å². The Kier molecular flexibility index (Phi) is 4.40. The quantitative estimate of drug-likeness (QED) is 0.469. The molecular weight excluding hydrogens is 346 g/mol. The Morgan fingerprint density at radius 2 is 2.00 bits per heavy atom. The average Bonchev–Trinajstić information content (AvgIpc) is 3.23. The predicted molar refractivity (Wildman–Crippen MR) is 115 cm³/mol. The monoisotopic (exact) mass is 373 g/mol. The first-order valence-electron chi connectivity index (χ1n) is 10.4. The molecule has 1 unspecified atom stereocenters. The maximum Gasteiger partial charge on any atom is 0.155 e. The summed E-state index contributed by atoms with van der Waals surface area (Å²) < 4.78 is 0. The van der Waals surface area contributed by atoms with Crippen molar-refractivity contribution >= 4 is 21.9 Å². The Morgan fingerprint density at radius 1 is 1.07 bits per heavy atom. The van der Waals surface area contributed by atoms with Crippen molar-refractivity contribution in [1.82, 2.24) is 25.5 Å². The third kappa shape index (κ3) is 2.90. The molecule has 4 aromatic rings. The van der Waals surface area contributed by atoms with E-state index in [0.717, 1.165) is 24.1 Å². The molecule has 0 radical (unpaired) electrons. The molecule has 0 bridgehead atoms. The van der Waals surface area contributed by atoms with Crippen LogP contribution < -0.4 is 5.32 Å². The SMILES string of the molecule is CC(C)c1c(-c2ccnc3[nH]ncc23)[nH]c2ccc(C3CCCNCC3)cc12. The highest BCUT2D eigenvalue weighted by atomic mass is 15.1. The molecule has 4 heterocycles. The topological polar surface area (TPSA) is 69.4 Å². The number of aromatic nitrogens is 4. The highest BCUT2D eigenvalue weighted by Gasteiger charge is 2.21. The van der Waals surface area contributed by atoms with Gasteiger partial charge in [0, 0.05) is 28.0 Å². The number of nitrogens with zero attached hydrogens (tertiary/aromatic N) is 2. The van der Waals surface area contributed by atoms with Crippen molar-refractivity contribution in [2.75, 3.05) is 13.1 Å². The second-order valence-corrected chi connectivity index (χ2v) is 8.24. The van der Waals surface area contributed by atoms with E-state index in [2.05, 4.69) is 63.6 Å². The summed E-state index contributed by atoms with van der Waals surface area (Å²) in [6, 6.07) is 9.12. The van der Waals surface area contributed by atoms with Crippen LogP contribution in [-0.2, 0) is 0 Å². The molecule has 0 aliphatic carbocycles. The van der Waals surface area contributed by atoms with Gasteiger partial charge in [-0.15, -0.1) is 0 Å². The second kappa shape index (κ2) is 7.06. The van der Waals surface area contributed by atoms with Gasteiger partial charge in [0.2, 0.25) is 0 Å². The van der Waals surface area contributed by atoms with Crippen molar-refractivity contribution in [2.45, 2.75) is 44.9 Å². The van der Waals surface area contributed by atoms with E-state index >= 15 is 0 Å². The molecule has 0 saturated carbocycles. The number of pyridine rings is 1. The van der Waals surface area contributed by atoms with Gasteiger partial charge in [-0.2, -0.15) is 5.10 Å². The van der Waals surface area contributed by atoms with E-state index in [-0.39, 0.29) is 0 Å². The lowest BCUT2D eigenvalue weighted by molar-refractivity contribution is 0.610. The third-order valence-electron chi connectivity index (χ3n) is 6.11. The van der Waals surface area contributed by atoms with Gasteiger partial charge >= 0.3 is 0 Å². The fourth-order valence-corrected chi connectivity index (χ4v) is 4.72. The number of hydrogen-bond acceptors (Lipinski definition) is 3. The summed E-state index contributed by atoms with van der Waals surface area (Å²) in [6.07, 6.45) is 7.48. The molecule has 144 valence electrons. The van der Waals surface area contributed by atoms with Gasteiger partial charge in [0.1, 0.15) is 0 Å². The van der Waals surface area contributed by atoms with Crippen molar-refractivity contribution in [3.63, 3.8) is 0 Å². The van der Waals surface area contributed by atoms with Crippen LogP contribution in [0.2, 0.25) is 0 Å². The zero-order valence-corrected chi connectivity index (χ0v) is 16.5. The highest BCUT2D eigenvalue weighted by molar-refractivity contribution is 5.98. The van der Waals surface area contributed by atoms with Gasteiger partial charge < -0.3 is 10.3 Å². The lowest BCUT2D eigenvalue weighted by Crippen LogP contribution is -2.13. The van der Waals surface area contributed by atoms with E-state index in [1.807, 2.05) is 12.4 Å². The van der Waals surface area contributed by atoms with Crippen LogP contribution in [0.25, 0.3) is 33.2 Å². The summed E-state index contributed by atoms with van der Waals surface area (Å²) in [6.45, 7) is 6.82. The van der Waals surface area contributed by atoms with Crippen molar-refractivity contribution < 1.29 is 0 Å². The van der Waals surface area contributed by atoms with Crippen molar-refractivity contribution in [3.8, 4) is 11.3 Å². The Labute approximate surface area is 165 Å². The molecule has 5 nitrogen and oxygen atoms in total. The zero-order chi connectivity index (χ0) is 19.1. The Morgan fingerprint density at radius 3 is 2.89 bits per heavy atom. The first-order chi connectivity index (χ1) is 13.7. The van der Waals surface area contributed by atoms with E-state index < -0.39 is 0 Å². The number of hydrogen-bond donors (Lipinski definition) is 3. The normalized spacial score (nSPS) is 18.2. The molecule has 3 N–H and O–H groups in total. The average molecular weight is 374 g/mol. The zero-order valence-electron chi connectivity index (χ0n) is 16.5. The van der Waals surface area contributed by atoms with Crippen LogP contribution >= 0.6 is 0 Å². The van der Waals surface area contributed by atoms with Gasteiger partial charge in [-0.1, -0.05) is 19.9 Å². The van der Waals surface area contributed by atoms with E-state index in [1.165, 1.54) is 52.5 Å². The summed E-state index contributed by atoms with van der Waals surface area (Å²) in [7, 11) is 0. The second-order valence-electron chi connectivity index (χ2n) is 8.24. The molecule has 1 saturated heterocycles. The molecule has 1 fully saturated rings. The smallest absolute Gasteiger partial charge is 0.155 e. The molecule has 28 heavy (non-hydrogen) atoms. The number of fused-ring (bicyclic) bond motifs is 2. The number of benzene rings is 1. The van der Waals surface area contributed by atoms with Gasteiger partial charge in [0.25, 0.3) is 0 Å². The first kappa shape index (κ1) is 17.4. The fraction of sp³-hybridized carbons (Fsp3) is 0.391. The Bertz CT molecular complexity index is 1110. The maximum atomic E-state index is 4.40. The molecule has 5 rings (SSSR count). The van der Waals surface area contributed by atoms with Crippen LogP contribution in [0.4, 0.5) is 0 Å². The summed E-state index contributed by atoms with van der Waals surface area (Å²) in [5.74, 6) is 1.07. The highest BCUT2D eigenvalue weighted by Crippen LogP contribution is 2.39. The van der Waals surface area contributed by atoms with Crippen molar-refractivity contribution in [2.24, 2.45) is 0 Å². The molecule has 1 aliphatic heterocycles. The number of H-pyrrole nitrogens is 2. The van der Waals surface area contributed by atoms with E-state index in [0.29, 0.717) is 11.8 Å². The van der Waals surface area contributed by atoms with E-state index in [9.17, 15) is 0 Å². The molecular formula is C23H27N5. The fourth-order valence-electron chi connectivity index (χ4n) is 4.72. The molecule has 1 aromatic carbocycles. The first-order valence-corrected chi connectivity index (χ1v) is 10.4.